The molecule has 9 nitrogen and oxygen atoms in total. The number of carbonyl (C=O) groups excluding carboxylic acids is 1. The van der Waals surface area contributed by atoms with Gasteiger partial charge in [0.2, 0.25) is 11.8 Å². The second-order valence-corrected chi connectivity index (χ2v) is 9.31. The highest BCUT2D eigenvalue weighted by Crippen LogP contribution is 2.29. The Bertz CT molecular complexity index is 1260. The molecule has 0 fully saturated rings. The van der Waals surface area contributed by atoms with Crippen molar-refractivity contribution in [2.24, 2.45) is 0 Å². The number of amides is 1. The van der Waals surface area contributed by atoms with Crippen LogP contribution in [0.2, 0.25) is 0 Å². The summed E-state index contributed by atoms with van der Waals surface area (Å²) in [6, 6.07) is 13.3. The van der Waals surface area contributed by atoms with Crippen molar-refractivity contribution < 1.29 is 17.9 Å². The third-order valence-corrected chi connectivity index (χ3v) is 6.44. The number of nitrogens with zero attached hydrogens (tertiary/aromatic N) is 2. The van der Waals surface area contributed by atoms with Gasteiger partial charge in [0, 0.05) is 30.3 Å². The molecule has 1 heterocycles. The Kier molecular flexibility index (Phi) is 8.19. The fourth-order valence-corrected chi connectivity index (χ4v) is 4.44. The van der Waals surface area contributed by atoms with E-state index < -0.39 is 10.0 Å². The second-order valence-electron chi connectivity index (χ2n) is 7.63. The van der Waals surface area contributed by atoms with E-state index in [2.05, 4.69) is 25.3 Å². The van der Waals surface area contributed by atoms with Crippen LogP contribution in [0.25, 0.3) is 11.3 Å². The Morgan fingerprint density at radius 3 is 2.38 bits per heavy atom. The number of aryl methyl sites for hydroxylation is 2. The molecule has 0 atom stereocenters. The molecule has 1 aromatic heterocycles. The highest BCUT2D eigenvalue weighted by Gasteiger charge is 2.20. The first-order chi connectivity index (χ1) is 16.2. The quantitative estimate of drug-likeness (QED) is 0.379. The van der Waals surface area contributed by atoms with Crippen molar-refractivity contribution in [3.8, 4) is 17.1 Å². The van der Waals surface area contributed by atoms with Gasteiger partial charge in [0.15, 0.2) is 0 Å². The van der Waals surface area contributed by atoms with Gasteiger partial charge in [-0.15, -0.1) is 0 Å². The van der Waals surface area contributed by atoms with Crippen LogP contribution in [0.1, 0.15) is 28.4 Å². The molecule has 0 unspecified atom stereocenters. The molecule has 3 N–H and O–H groups in total. The van der Waals surface area contributed by atoms with Crippen LogP contribution in [0.3, 0.4) is 0 Å². The zero-order chi connectivity index (χ0) is 24.7. The average Bonchev–Trinajstić information content (AvgIpc) is 2.81. The molecule has 2 aromatic carbocycles. The SMILES string of the molecule is CCNCCNC(=O)c1cccc(S(=O)(=O)Nc2nc(OC)cc(-c3c(C)cccc3C)n2)c1. The molecule has 3 aromatic rings. The van der Waals surface area contributed by atoms with E-state index >= 15 is 0 Å². The largest absolute Gasteiger partial charge is 0.481 e. The van der Waals surface area contributed by atoms with E-state index in [1.54, 1.807) is 12.1 Å². The molecular formula is C24H29N5O4S. The highest BCUT2D eigenvalue weighted by atomic mass is 32.2. The van der Waals surface area contributed by atoms with Crippen LogP contribution in [-0.4, -0.2) is 51.0 Å². The number of methoxy groups -OCH3 is 1. The molecule has 10 heteroatoms. The number of likely N-dealkylation sites (N-methyl/N-ethyl adjacent to an activating group) is 1. The Balaban J connectivity index is 1.89. The first kappa shape index (κ1) is 25.1. The van der Waals surface area contributed by atoms with Crippen LogP contribution in [0.15, 0.2) is 53.4 Å². The number of hydrogen-bond donors (Lipinski definition) is 3. The van der Waals surface area contributed by atoms with E-state index in [0.717, 1.165) is 23.2 Å². The van der Waals surface area contributed by atoms with Crippen LogP contribution in [0.4, 0.5) is 5.95 Å². The standard InChI is InChI=1S/C24H29N5O4S/c1-5-25-12-13-26-23(30)18-10-7-11-19(14-18)34(31,32)29-24-27-20(15-21(28-24)33-4)22-16(2)8-6-9-17(22)3/h6-11,14-15,25H,5,12-13H2,1-4H3,(H,26,30)(H,27,28,29). The first-order valence-corrected chi connectivity index (χ1v) is 12.3. The molecule has 34 heavy (non-hydrogen) atoms. The van der Waals surface area contributed by atoms with Crippen molar-refractivity contribution in [1.82, 2.24) is 20.6 Å². The number of aromatic nitrogens is 2. The van der Waals surface area contributed by atoms with Gasteiger partial charge in [0.25, 0.3) is 15.9 Å². The number of nitrogens with one attached hydrogen (secondary N) is 3. The number of ether oxygens (including phenoxy) is 1. The lowest BCUT2D eigenvalue weighted by atomic mass is 10.00. The maximum atomic E-state index is 13.1. The zero-order valence-corrected chi connectivity index (χ0v) is 20.5. The number of anilines is 1. The van der Waals surface area contributed by atoms with Crippen molar-refractivity contribution >= 4 is 21.9 Å². The Labute approximate surface area is 200 Å². The minimum absolute atomic E-state index is 0.0770. The van der Waals surface area contributed by atoms with Crippen LogP contribution < -0.4 is 20.1 Å². The summed E-state index contributed by atoms with van der Waals surface area (Å²) in [4.78, 5) is 20.9. The van der Waals surface area contributed by atoms with Gasteiger partial charge in [0.05, 0.1) is 17.7 Å². The zero-order valence-electron chi connectivity index (χ0n) is 19.7. The summed E-state index contributed by atoms with van der Waals surface area (Å²) in [6.45, 7) is 7.73. The predicted molar refractivity (Wildman–Crippen MR) is 132 cm³/mol. The van der Waals surface area contributed by atoms with Gasteiger partial charge in [0.1, 0.15) is 0 Å². The second kappa shape index (κ2) is 11.1. The average molecular weight is 484 g/mol. The van der Waals surface area contributed by atoms with E-state index in [1.165, 1.54) is 25.3 Å². The Morgan fingerprint density at radius 1 is 1.00 bits per heavy atom. The van der Waals surface area contributed by atoms with Crippen LogP contribution in [0.5, 0.6) is 5.88 Å². The molecule has 0 saturated heterocycles. The van der Waals surface area contributed by atoms with Gasteiger partial charge in [-0.1, -0.05) is 31.2 Å². The number of rotatable bonds is 10. The number of carbonyl (C=O) groups is 1. The fraction of sp³-hybridized carbons (Fsp3) is 0.292. The molecule has 3 rings (SSSR count). The van der Waals surface area contributed by atoms with Crippen LogP contribution in [-0.2, 0) is 10.0 Å². The topological polar surface area (TPSA) is 122 Å². The molecule has 0 aliphatic carbocycles. The molecule has 0 bridgehead atoms. The predicted octanol–water partition coefficient (Wildman–Crippen LogP) is 2.91. The summed E-state index contributed by atoms with van der Waals surface area (Å²) in [7, 11) is -2.61. The lowest BCUT2D eigenvalue weighted by molar-refractivity contribution is 0.0953. The van der Waals surface area contributed by atoms with Gasteiger partial charge in [-0.05, 0) is 49.7 Å². The molecule has 1 amide bonds. The van der Waals surface area contributed by atoms with Crippen molar-refractivity contribution in [3.63, 3.8) is 0 Å². The minimum atomic E-state index is -4.07. The minimum Gasteiger partial charge on any atom is -0.481 e. The van der Waals surface area contributed by atoms with E-state index in [0.29, 0.717) is 18.8 Å². The molecule has 0 aliphatic rings. The van der Waals surface area contributed by atoms with Gasteiger partial charge in [-0.2, -0.15) is 4.98 Å². The lowest BCUT2D eigenvalue weighted by Gasteiger charge is -2.13. The van der Waals surface area contributed by atoms with Crippen molar-refractivity contribution in [1.29, 1.82) is 0 Å². The third kappa shape index (κ3) is 6.09. The Morgan fingerprint density at radius 2 is 1.71 bits per heavy atom. The van der Waals surface area contributed by atoms with Crippen molar-refractivity contribution in [2.75, 3.05) is 31.5 Å². The monoisotopic (exact) mass is 483 g/mol. The van der Waals surface area contributed by atoms with E-state index in [1.807, 2.05) is 39.0 Å². The molecule has 0 radical (unpaired) electrons. The molecule has 0 spiro atoms. The highest BCUT2D eigenvalue weighted by molar-refractivity contribution is 7.92. The normalized spacial score (nSPS) is 11.2. The maximum Gasteiger partial charge on any atom is 0.264 e. The van der Waals surface area contributed by atoms with Gasteiger partial charge in [-0.3, -0.25) is 4.79 Å². The summed E-state index contributed by atoms with van der Waals surface area (Å²) in [6.07, 6.45) is 0. The Hall–Kier alpha value is -3.50. The third-order valence-electron chi connectivity index (χ3n) is 5.12. The summed E-state index contributed by atoms with van der Waals surface area (Å²) in [5, 5.41) is 5.86. The maximum absolute atomic E-state index is 13.1. The van der Waals surface area contributed by atoms with Crippen molar-refractivity contribution in [3.05, 3.63) is 65.2 Å². The van der Waals surface area contributed by atoms with Crippen molar-refractivity contribution in [2.45, 2.75) is 25.7 Å². The molecule has 0 saturated carbocycles. The number of hydrogen-bond acceptors (Lipinski definition) is 7. The molecule has 0 aliphatic heterocycles. The molecule has 180 valence electrons. The van der Waals surface area contributed by atoms with Gasteiger partial charge >= 0.3 is 0 Å². The lowest BCUT2D eigenvalue weighted by Crippen LogP contribution is -2.31. The first-order valence-electron chi connectivity index (χ1n) is 10.9. The summed E-state index contributed by atoms with van der Waals surface area (Å²) in [5.41, 5.74) is 3.63. The number of benzene rings is 2. The smallest absolute Gasteiger partial charge is 0.264 e. The fourth-order valence-electron chi connectivity index (χ4n) is 3.45. The van der Waals surface area contributed by atoms with Gasteiger partial charge in [-0.25, -0.2) is 18.1 Å². The van der Waals surface area contributed by atoms with E-state index in [9.17, 15) is 13.2 Å². The molecular weight excluding hydrogens is 454 g/mol. The summed E-state index contributed by atoms with van der Waals surface area (Å²) >= 11 is 0. The van der Waals surface area contributed by atoms with Crippen LogP contribution >= 0.6 is 0 Å². The summed E-state index contributed by atoms with van der Waals surface area (Å²) in [5.74, 6) is -0.262. The van der Waals surface area contributed by atoms with E-state index in [-0.39, 0.29) is 28.2 Å². The van der Waals surface area contributed by atoms with E-state index in [4.69, 9.17) is 4.74 Å². The van der Waals surface area contributed by atoms with Gasteiger partial charge < -0.3 is 15.4 Å². The number of sulfonamides is 1. The van der Waals surface area contributed by atoms with Crippen LogP contribution in [0, 0.1) is 13.8 Å². The summed E-state index contributed by atoms with van der Waals surface area (Å²) < 4.78 is 33.9.